The molecule has 2 aromatic carbocycles. The molecule has 0 atom stereocenters. The van der Waals surface area contributed by atoms with Gasteiger partial charge < -0.3 is 9.05 Å². The molecule has 0 unspecified atom stereocenters. The summed E-state index contributed by atoms with van der Waals surface area (Å²) in [5, 5.41) is 0. The number of rotatable bonds is 7. The van der Waals surface area contributed by atoms with Gasteiger partial charge in [-0.3, -0.25) is 9.66 Å². The molecule has 0 N–H and O–H groups in total. The normalized spacial score (nSPS) is 12.1. The predicted molar refractivity (Wildman–Crippen MR) is 105 cm³/mol. The second kappa shape index (κ2) is 9.52. The highest BCUT2D eigenvalue weighted by Crippen LogP contribution is 2.57. The van der Waals surface area contributed by atoms with E-state index in [0.717, 1.165) is 17.1 Å². The molecule has 6 heteroatoms. The third-order valence-electron chi connectivity index (χ3n) is 3.52. The summed E-state index contributed by atoms with van der Waals surface area (Å²) in [6.07, 6.45) is 0. The first-order valence-electron chi connectivity index (χ1n) is 8.39. The molecule has 5 nitrogen and oxygen atoms in total. The fourth-order valence-electron chi connectivity index (χ4n) is 2.48. The van der Waals surface area contributed by atoms with E-state index in [9.17, 15) is 0 Å². The van der Waals surface area contributed by atoms with Crippen LogP contribution in [0.3, 0.4) is 0 Å². The average molecular weight is 359 g/mol. The number of aliphatic imine (C=N–C) groups is 1. The van der Waals surface area contributed by atoms with E-state index in [-0.39, 0.29) is 0 Å². The zero-order chi connectivity index (χ0) is 18.1. The Kier molecular flexibility index (Phi) is 7.38. The number of hydrogen-bond donors (Lipinski definition) is 0. The summed E-state index contributed by atoms with van der Waals surface area (Å²) in [7, 11) is 0.983. The monoisotopic (exact) mass is 359 g/mol. The smallest absolute Gasteiger partial charge is 0.308 e. The maximum Gasteiger partial charge on any atom is 0.323 e. The van der Waals surface area contributed by atoms with Crippen LogP contribution in [0.15, 0.2) is 70.4 Å². The van der Waals surface area contributed by atoms with Crippen LogP contribution >= 0.6 is 7.66 Å². The van der Waals surface area contributed by atoms with Gasteiger partial charge in [-0.25, -0.2) is 0 Å². The van der Waals surface area contributed by atoms with Gasteiger partial charge in [-0.2, -0.15) is 4.74 Å². The summed E-state index contributed by atoms with van der Waals surface area (Å²) in [5.74, 6) is 0.788. The first kappa shape index (κ1) is 19.4. The van der Waals surface area contributed by atoms with Gasteiger partial charge in [0.05, 0.1) is 18.9 Å². The summed E-state index contributed by atoms with van der Waals surface area (Å²) in [5.41, 5.74) is 1.83. The van der Waals surface area contributed by atoms with Gasteiger partial charge in [0.15, 0.2) is 0 Å². The van der Waals surface area contributed by atoms with Gasteiger partial charge in [-0.15, -0.1) is 0 Å². The summed E-state index contributed by atoms with van der Waals surface area (Å²) in [6, 6.07) is 19.8. The Morgan fingerprint density at radius 2 is 1.44 bits per heavy atom. The lowest BCUT2D eigenvalue weighted by Gasteiger charge is -2.33. The molecule has 0 aliphatic carbocycles. The van der Waals surface area contributed by atoms with Gasteiger partial charge in [-0.1, -0.05) is 48.5 Å². The van der Waals surface area contributed by atoms with Crippen molar-refractivity contribution in [3.05, 3.63) is 66.2 Å². The minimum Gasteiger partial charge on any atom is -0.308 e. The summed E-state index contributed by atoms with van der Waals surface area (Å²) >= 11 is 0. The zero-order valence-corrected chi connectivity index (χ0v) is 16.2. The van der Waals surface area contributed by atoms with E-state index in [2.05, 4.69) is 4.99 Å². The summed E-state index contributed by atoms with van der Waals surface area (Å²) in [6.45, 7) is 4.90. The van der Waals surface area contributed by atoms with E-state index in [1.807, 2.05) is 86.2 Å². The van der Waals surface area contributed by atoms with Crippen molar-refractivity contribution >= 4 is 19.2 Å². The van der Waals surface area contributed by atoms with Crippen molar-refractivity contribution in [3.63, 3.8) is 0 Å². The van der Waals surface area contributed by atoms with Gasteiger partial charge in [0.2, 0.25) is 0 Å². The minimum absolute atomic E-state index is 0.500. The fourth-order valence-corrected chi connectivity index (χ4v) is 4.69. The molecule has 0 spiro atoms. The molecule has 0 aliphatic heterocycles. The van der Waals surface area contributed by atoms with E-state index in [4.69, 9.17) is 13.8 Å². The molecule has 0 aliphatic rings. The van der Waals surface area contributed by atoms with E-state index in [0.29, 0.717) is 13.2 Å². The summed E-state index contributed by atoms with van der Waals surface area (Å²) in [4.78, 5) is 4.48. The predicted octanol–water partition coefficient (Wildman–Crippen LogP) is 5.35. The highest BCUT2D eigenvalue weighted by atomic mass is 31.2. The first-order valence-corrected chi connectivity index (χ1v) is 9.92. The topological polar surface area (TPSA) is 46.4 Å². The van der Waals surface area contributed by atoms with E-state index < -0.39 is 7.66 Å². The molecule has 0 saturated carbocycles. The molecular weight excluding hydrogens is 333 g/mol. The van der Waals surface area contributed by atoms with Gasteiger partial charge in [-0.05, 0) is 26.0 Å². The van der Waals surface area contributed by atoms with Gasteiger partial charge in [0.25, 0.3) is 0 Å². The van der Waals surface area contributed by atoms with Crippen LogP contribution in [0.4, 0.5) is 5.69 Å². The third-order valence-corrected chi connectivity index (χ3v) is 6.14. The largest absolute Gasteiger partial charge is 0.323 e. The van der Waals surface area contributed by atoms with Crippen LogP contribution in [0.2, 0.25) is 0 Å². The van der Waals surface area contributed by atoms with E-state index in [1.54, 1.807) is 7.05 Å². The van der Waals surface area contributed by atoms with Crippen LogP contribution in [0.5, 0.6) is 0 Å². The third kappa shape index (κ3) is 4.79. The highest BCUT2D eigenvalue weighted by molar-refractivity contribution is 7.54. The molecule has 2 rings (SSSR count). The van der Waals surface area contributed by atoms with Crippen LogP contribution < -0.4 is 0 Å². The number of benzene rings is 2. The molecular formula is C19H26N3O2P. The van der Waals surface area contributed by atoms with Crippen LogP contribution in [0.25, 0.3) is 0 Å². The van der Waals surface area contributed by atoms with Crippen molar-refractivity contribution in [2.45, 2.75) is 13.8 Å². The molecule has 0 heterocycles. The highest BCUT2D eigenvalue weighted by Gasteiger charge is 2.31. The quantitative estimate of drug-likeness (QED) is 0.380. The van der Waals surface area contributed by atoms with Crippen molar-refractivity contribution in [3.8, 4) is 0 Å². The molecule has 134 valence electrons. The Morgan fingerprint density at radius 3 is 1.92 bits per heavy atom. The Hall–Kier alpha value is -1.94. The van der Waals surface area contributed by atoms with E-state index in [1.165, 1.54) is 0 Å². The maximum absolute atomic E-state index is 6.11. The minimum atomic E-state index is -2.72. The molecule has 25 heavy (non-hydrogen) atoms. The average Bonchev–Trinajstić information content (AvgIpc) is 2.64. The van der Waals surface area contributed by atoms with Crippen molar-refractivity contribution < 1.29 is 9.05 Å². The van der Waals surface area contributed by atoms with Crippen molar-refractivity contribution in [1.29, 1.82) is 0 Å². The molecule has 0 bridgehead atoms. The first-order chi connectivity index (χ1) is 12.2. The zero-order valence-electron chi connectivity index (χ0n) is 15.3. The standard InChI is InChI=1S/C19H26N3O2P/c1-5-23-25(24-6-2,21-18-15-11-8-12-16-18)22(4)19(20-3)17-13-9-7-10-14-17/h7-16H,5-6H2,1-4H3. The van der Waals surface area contributed by atoms with Crippen LogP contribution in [-0.2, 0) is 9.05 Å². The molecule has 0 saturated heterocycles. The van der Waals surface area contributed by atoms with E-state index >= 15 is 0 Å². The van der Waals surface area contributed by atoms with Crippen molar-refractivity contribution in [1.82, 2.24) is 4.67 Å². The van der Waals surface area contributed by atoms with Crippen LogP contribution in [0, 0.1) is 0 Å². The second-order valence-electron chi connectivity index (χ2n) is 5.20. The van der Waals surface area contributed by atoms with Gasteiger partial charge in [0.1, 0.15) is 5.84 Å². The Balaban J connectivity index is 2.55. The van der Waals surface area contributed by atoms with Crippen molar-refractivity contribution in [2.75, 3.05) is 27.3 Å². The second-order valence-corrected chi connectivity index (χ2v) is 7.50. The SMILES string of the molecule is CCOP(=Nc1ccccc1)(OCC)N(C)C(=NC)c1ccccc1. The van der Waals surface area contributed by atoms with Gasteiger partial charge >= 0.3 is 7.66 Å². The van der Waals surface area contributed by atoms with Crippen LogP contribution in [0.1, 0.15) is 19.4 Å². The number of nitrogens with zero attached hydrogens (tertiary/aromatic N) is 3. The van der Waals surface area contributed by atoms with Crippen LogP contribution in [-0.4, -0.2) is 37.8 Å². The Labute approximate surface area is 150 Å². The lowest BCUT2D eigenvalue weighted by Crippen LogP contribution is -2.27. The number of hydrogen-bond acceptors (Lipinski definition) is 4. The maximum atomic E-state index is 6.11. The molecule has 2 aromatic rings. The molecule has 0 fully saturated rings. The lowest BCUT2D eigenvalue weighted by atomic mass is 10.2. The molecule has 0 amide bonds. The summed E-state index contributed by atoms with van der Waals surface area (Å²) < 4.78 is 19.0. The molecule has 0 radical (unpaired) electrons. The van der Waals surface area contributed by atoms with Crippen molar-refractivity contribution in [2.24, 2.45) is 9.74 Å². The fraction of sp³-hybridized carbons (Fsp3) is 0.316. The Morgan fingerprint density at radius 1 is 0.920 bits per heavy atom. The van der Waals surface area contributed by atoms with Gasteiger partial charge in [0, 0.05) is 19.7 Å². The lowest BCUT2D eigenvalue weighted by molar-refractivity contribution is 0.234. The number of amidine groups is 1. The molecule has 0 aromatic heterocycles. The Bertz CT molecular complexity index is 723.